The Morgan fingerprint density at radius 3 is 2.90 bits per heavy atom. The number of aryl methyl sites for hydroxylation is 2. The van der Waals surface area contributed by atoms with Crippen molar-refractivity contribution < 1.29 is 0 Å². The van der Waals surface area contributed by atoms with E-state index in [4.69, 9.17) is 0 Å². The third kappa shape index (κ3) is 1.67. The SMILES string of the molecule is O=c1cc(-c2ccccn2)[nH]c2c3c(ccc12)CCC3. The number of rotatable bonds is 1. The predicted molar refractivity (Wildman–Crippen MR) is 79.8 cm³/mol. The lowest BCUT2D eigenvalue weighted by molar-refractivity contribution is 0.913. The summed E-state index contributed by atoms with van der Waals surface area (Å²) < 4.78 is 0. The number of hydrogen-bond acceptors (Lipinski definition) is 2. The normalized spacial score (nSPS) is 13.6. The summed E-state index contributed by atoms with van der Waals surface area (Å²) in [6, 6.07) is 11.4. The molecule has 0 atom stereocenters. The Balaban J connectivity index is 2.04. The average molecular weight is 262 g/mol. The minimum Gasteiger partial charge on any atom is -0.353 e. The van der Waals surface area contributed by atoms with Crippen molar-refractivity contribution >= 4 is 10.9 Å². The Hall–Kier alpha value is -2.42. The Bertz CT molecular complexity index is 850. The van der Waals surface area contributed by atoms with Crippen LogP contribution in [-0.4, -0.2) is 9.97 Å². The van der Waals surface area contributed by atoms with Crippen molar-refractivity contribution in [3.8, 4) is 11.4 Å². The standard InChI is InChI=1S/C17H14N2O/c20-16-10-15(14-6-1-2-9-18-14)19-17-12-5-3-4-11(12)7-8-13(16)17/h1-2,6-10H,3-5H2,(H,19,20). The fraction of sp³-hybridized carbons (Fsp3) is 0.176. The molecule has 0 amide bonds. The molecule has 1 aliphatic carbocycles. The van der Waals surface area contributed by atoms with Crippen LogP contribution in [0, 0.1) is 0 Å². The van der Waals surface area contributed by atoms with Crippen LogP contribution in [0.4, 0.5) is 0 Å². The monoisotopic (exact) mass is 262 g/mol. The number of H-pyrrole nitrogens is 1. The van der Waals surface area contributed by atoms with Gasteiger partial charge in [-0.3, -0.25) is 9.78 Å². The van der Waals surface area contributed by atoms with E-state index < -0.39 is 0 Å². The van der Waals surface area contributed by atoms with E-state index >= 15 is 0 Å². The van der Waals surface area contributed by atoms with Crippen molar-refractivity contribution in [2.45, 2.75) is 19.3 Å². The van der Waals surface area contributed by atoms with E-state index in [-0.39, 0.29) is 5.43 Å². The molecule has 1 aliphatic rings. The number of aromatic amines is 1. The van der Waals surface area contributed by atoms with Gasteiger partial charge < -0.3 is 4.98 Å². The van der Waals surface area contributed by atoms with E-state index in [2.05, 4.69) is 16.0 Å². The summed E-state index contributed by atoms with van der Waals surface area (Å²) in [7, 11) is 0. The second-order valence-corrected chi connectivity index (χ2v) is 5.24. The molecule has 2 heterocycles. The number of nitrogens with one attached hydrogen (secondary N) is 1. The Morgan fingerprint density at radius 1 is 1.10 bits per heavy atom. The van der Waals surface area contributed by atoms with Crippen molar-refractivity contribution in [1.82, 2.24) is 9.97 Å². The molecule has 0 saturated carbocycles. The van der Waals surface area contributed by atoms with E-state index in [0.717, 1.165) is 35.1 Å². The number of benzene rings is 1. The first kappa shape index (κ1) is 11.4. The third-order valence-corrected chi connectivity index (χ3v) is 4.02. The molecule has 0 unspecified atom stereocenters. The summed E-state index contributed by atoms with van der Waals surface area (Å²) in [6.07, 6.45) is 5.08. The lowest BCUT2D eigenvalue weighted by Crippen LogP contribution is -2.05. The first-order valence-electron chi connectivity index (χ1n) is 6.92. The van der Waals surface area contributed by atoms with Gasteiger partial charge in [-0.2, -0.15) is 0 Å². The van der Waals surface area contributed by atoms with E-state index in [1.165, 1.54) is 17.5 Å². The lowest BCUT2D eigenvalue weighted by atomic mass is 10.0. The van der Waals surface area contributed by atoms with E-state index in [1.54, 1.807) is 12.3 Å². The van der Waals surface area contributed by atoms with Gasteiger partial charge in [-0.15, -0.1) is 0 Å². The molecule has 0 saturated heterocycles. The minimum atomic E-state index is 0.0640. The van der Waals surface area contributed by atoms with Crippen LogP contribution in [0.15, 0.2) is 47.4 Å². The van der Waals surface area contributed by atoms with Gasteiger partial charge in [-0.25, -0.2) is 0 Å². The van der Waals surface area contributed by atoms with E-state index in [0.29, 0.717) is 0 Å². The first-order valence-corrected chi connectivity index (χ1v) is 6.92. The van der Waals surface area contributed by atoms with Gasteiger partial charge in [0, 0.05) is 17.6 Å². The van der Waals surface area contributed by atoms with Crippen LogP contribution in [0.3, 0.4) is 0 Å². The van der Waals surface area contributed by atoms with Gasteiger partial charge >= 0.3 is 0 Å². The second kappa shape index (κ2) is 4.30. The molecule has 0 bridgehead atoms. The van der Waals surface area contributed by atoms with Crippen LogP contribution in [0.5, 0.6) is 0 Å². The zero-order chi connectivity index (χ0) is 13.5. The van der Waals surface area contributed by atoms with E-state index in [9.17, 15) is 4.79 Å². The predicted octanol–water partition coefficient (Wildman–Crippen LogP) is 3.08. The van der Waals surface area contributed by atoms with Crippen LogP contribution in [-0.2, 0) is 12.8 Å². The molecule has 0 spiro atoms. The van der Waals surface area contributed by atoms with Crippen molar-refractivity contribution in [3.63, 3.8) is 0 Å². The fourth-order valence-corrected chi connectivity index (χ4v) is 3.05. The molecule has 3 aromatic rings. The molecule has 0 radical (unpaired) electrons. The maximum absolute atomic E-state index is 12.3. The summed E-state index contributed by atoms with van der Waals surface area (Å²) in [5.41, 5.74) is 5.33. The van der Waals surface area contributed by atoms with Gasteiger partial charge in [-0.1, -0.05) is 12.1 Å². The minimum absolute atomic E-state index is 0.0640. The van der Waals surface area contributed by atoms with E-state index in [1.807, 2.05) is 24.3 Å². The van der Waals surface area contributed by atoms with Crippen LogP contribution < -0.4 is 5.43 Å². The van der Waals surface area contributed by atoms with Crippen LogP contribution in [0.2, 0.25) is 0 Å². The largest absolute Gasteiger partial charge is 0.353 e. The second-order valence-electron chi connectivity index (χ2n) is 5.24. The van der Waals surface area contributed by atoms with Crippen molar-refractivity contribution in [1.29, 1.82) is 0 Å². The zero-order valence-corrected chi connectivity index (χ0v) is 11.0. The fourth-order valence-electron chi connectivity index (χ4n) is 3.05. The van der Waals surface area contributed by atoms with Gasteiger partial charge in [-0.05, 0) is 48.6 Å². The number of fused-ring (bicyclic) bond motifs is 3. The Labute approximate surface area is 116 Å². The maximum Gasteiger partial charge on any atom is 0.190 e. The van der Waals surface area contributed by atoms with Gasteiger partial charge in [0.25, 0.3) is 0 Å². The van der Waals surface area contributed by atoms with Gasteiger partial charge in [0.2, 0.25) is 0 Å². The molecular formula is C17H14N2O. The molecule has 1 aromatic carbocycles. The summed E-state index contributed by atoms with van der Waals surface area (Å²) in [5, 5.41) is 0.783. The summed E-state index contributed by atoms with van der Waals surface area (Å²) in [5.74, 6) is 0. The highest BCUT2D eigenvalue weighted by Gasteiger charge is 2.16. The lowest BCUT2D eigenvalue weighted by Gasteiger charge is -2.08. The van der Waals surface area contributed by atoms with Gasteiger partial charge in [0.15, 0.2) is 5.43 Å². The van der Waals surface area contributed by atoms with Crippen molar-refractivity contribution in [2.24, 2.45) is 0 Å². The number of aromatic nitrogens is 2. The topological polar surface area (TPSA) is 45.8 Å². The molecule has 0 aliphatic heterocycles. The molecule has 98 valence electrons. The summed E-state index contributed by atoms with van der Waals surface area (Å²) in [4.78, 5) is 20.1. The molecule has 2 aromatic heterocycles. The molecule has 4 rings (SSSR count). The van der Waals surface area contributed by atoms with Crippen LogP contribution in [0.1, 0.15) is 17.5 Å². The Kier molecular flexibility index (Phi) is 2.46. The molecule has 3 nitrogen and oxygen atoms in total. The highest BCUT2D eigenvalue weighted by Crippen LogP contribution is 2.28. The zero-order valence-electron chi connectivity index (χ0n) is 11.0. The molecule has 1 N–H and O–H groups in total. The molecule has 3 heteroatoms. The van der Waals surface area contributed by atoms with Crippen molar-refractivity contribution in [2.75, 3.05) is 0 Å². The molecule has 0 fully saturated rings. The smallest absolute Gasteiger partial charge is 0.190 e. The third-order valence-electron chi connectivity index (χ3n) is 4.02. The summed E-state index contributed by atoms with van der Waals surface area (Å²) in [6.45, 7) is 0. The van der Waals surface area contributed by atoms with Gasteiger partial charge in [0.1, 0.15) is 0 Å². The number of pyridine rings is 2. The van der Waals surface area contributed by atoms with Crippen molar-refractivity contribution in [3.05, 3.63) is 63.9 Å². The highest BCUT2D eigenvalue weighted by atomic mass is 16.1. The quantitative estimate of drug-likeness (QED) is 0.732. The highest BCUT2D eigenvalue weighted by molar-refractivity contribution is 5.85. The number of hydrogen-bond donors (Lipinski definition) is 1. The summed E-state index contributed by atoms with van der Waals surface area (Å²) >= 11 is 0. The average Bonchev–Trinajstić information content (AvgIpc) is 2.97. The van der Waals surface area contributed by atoms with Crippen LogP contribution >= 0.6 is 0 Å². The maximum atomic E-state index is 12.3. The molecule has 20 heavy (non-hydrogen) atoms. The van der Waals surface area contributed by atoms with Crippen LogP contribution in [0.25, 0.3) is 22.3 Å². The first-order chi connectivity index (χ1) is 9.83. The Morgan fingerprint density at radius 2 is 2.05 bits per heavy atom. The van der Waals surface area contributed by atoms with Gasteiger partial charge in [0.05, 0.1) is 16.9 Å². The molecular weight excluding hydrogens is 248 g/mol. The number of nitrogens with zero attached hydrogens (tertiary/aromatic N) is 1.